The molecule has 13 heteroatoms. The molecule has 0 unspecified atom stereocenters. The normalized spacial score (nSPS) is 11.8. The second-order valence-corrected chi connectivity index (χ2v) is 12.0. The zero-order valence-corrected chi connectivity index (χ0v) is 27.4. The highest BCUT2D eigenvalue weighted by atomic mass is 79.9. The van der Waals surface area contributed by atoms with E-state index >= 15 is 0 Å². The van der Waals surface area contributed by atoms with Gasteiger partial charge in [0, 0.05) is 30.1 Å². The van der Waals surface area contributed by atoms with Gasteiger partial charge in [-0.2, -0.15) is 22.9 Å². The highest BCUT2D eigenvalue weighted by Gasteiger charge is 2.31. The first-order valence-electron chi connectivity index (χ1n) is 12.3. The van der Waals surface area contributed by atoms with Crippen molar-refractivity contribution in [1.29, 1.82) is 0 Å². The molecule has 5 rings (SSSR count). The SMILES string of the molecule is COc1cc(C=Nn2c(-c3cccc(C(F)(F)F)c3)nc3ccccc3c2=O)c(Br)c(Cl)c1OCc1ccc(Br)cc1Br. The molecule has 1 aromatic heterocycles. The van der Waals surface area contributed by atoms with Gasteiger partial charge in [-0.05, 0) is 58.4 Å². The Morgan fingerprint density at radius 1 is 1.02 bits per heavy atom. The lowest BCUT2D eigenvalue weighted by molar-refractivity contribution is -0.137. The summed E-state index contributed by atoms with van der Waals surface area (Å²) in [6.07, 6.45) is -3.25. The van der Waals surface area contributed by atoms with Crippen molar-refractivity contribution in [3.8, 4) is 22.9 Å². The highest BCUT2D eigenvalue weighted by molar-refractivity contribution is 9.11. The van der Waals surface area contributed by atoms with Crippen LogP contribution in [-0.4, -0.2) is 23.0 Å². The molecule has 0 fully saturated rings. The Morgan fingerprint density at radius 2 is 1.79 bits per heavy atom. The molecule has 220 valence electrons. The molecule has 6 nitrogen and oxygen atoms in total. The fourth-order valence-electron chi connectivity index (χ4n) is 4.15. The Balaban J connectivity index is 1.58. The second kappa shape index (κ2) is 12.8. The Labute approximate surface area is 273 Å². The molecule has 5 aromatic rings. The largest absolute Gasteiger partial charge is 0.493 e. The summed E-state index contributed by atoms with van der Waals surface area (Å²) in [5.74, 6) is 0.502. The summed E-state index contributed by atoms with van der Waals surface area (Å²) in [7, 11) is 1.45. The van der Waals surface area contributed by atoms with Gasteiger partial charge in [-0.1, -0.05) is 73.8 Å². The van der Waals surface area contributed by atoms with Crippen molar-refractivity contribution in [2.75, 3.05) is 7.11 Å². The number of nitrogens with zero attached hydrogens (tertiary/aromatic N) is 3. The minimum Gasteiger partial charge on any atom is -0.493 e. The minimum atomic E-state index is -4.59. The Kier molecular flexibility index (Phi) is 9.31. The van der Waals surface area contributed by atoms with Crippen molar-refractivity contribution in [1.82, 2.24) is 9.66 Å². The number of ether oxygens (including phenoxy) is 2. The van der Waals surface area contributed by atoms with E-state index in [1.165, 1.54) is 25.5 Å². The summed E-state index contributed by atoms with van der Waals surface area (Å²) in [4.78, 5) is 18.0. The third-order valence-electron chi connectivity index (χ3n) is 6.28. The van der Waals surface area contributed by atoms with Crippen LogP contribution in [0.3, 0.4) is 0 Å². The van der Waals surface area contributed by atoms with E-state index in [0.717, 1.165) is 31.3 Å². The van der Waals surface area contributed by atoms with Gasteiger partial charge in [0.1, 0.15) is 11.6 Å². The average Bonchev–Trinajstić information content (AvgIpc) is 2.98. The summed E-state index contributed by atoms with van der Waals surface area (Å²) in [5.41, 5.74) is 0.211. The molecular formula is C30H18Br3ClF3N3O3. The summed E-state index contributed by atoms with van der Waals surface area (Å²) >= 11 is 17.1. The van der Waals surface area contributed by atoms with Gasteiger partial charge >= 0.3 is 6.18 Å². The third kappa shape index (κ3) is 6.67. The zero-order valence-electron chi connectivity index (χ0n) is 21.9. The van der Waals surface area contributed by atoms with Crippen molar-refractivity contribution < 1.29 is 22.6 Å². The number of para-hydroxylation sites is 1. The van der Waals surface area contributed by atoms with Gasteiger partial charge in [-0.3, -0.25) is 4.79 Å². The van der Waals surface area contributed by atoms with Gasteiger partial charge in [0.15, 0.2) is 17.3 Å². The Hall–Kier alpha value is -3.19. The van der Waals surface area contributed by atoms with Crippen LogP contribution in [0.1, 0.15) is 16.7 Å². The molecule has 0 spiro atoms. The van der Waals surface area contributed by atoms with Crippen LogP contribution in [0.25, 0.3) is 22.3 Å². The number of fused-ring (bicyclic) bond motifs is 1. The third-order valence-corrected chi connectivity index (χ3v) is 8.95. The summed E-state index contributed by atoms with van der Waals surface area (Å²) < 4.78 is 55.1. The van der Waals surface area contributed by atoms with Crippen molar-refractivity contribution in [3.05, 3.63) is 118 Å². The van der Waals surface area contributed by atoms with Gasteiger partial charge in [-0.25, -0.2) is 4.98 Å². The second-order valence-electron chi connectivity index (χ2n) is 9.04. The van der Waals surface area contributed by atoms with E-state index in [-0.39, 0.29) is 34.2 Å². The molecule has 0 radical (unpaired) electrons. The molecular weight excluding hydrogens is 783 g/mol. The van der Waals surface area contributed by atoms with Crippen LogP contribution >= 0.6 is 59.4 Å². The first-order valence-corrected chi connectivity index (χ1v) is 15.1. The van der Waals surface area contributed by atoms with E-state index in [2.05, 4.69) is 57.9 Å². The lowest BCUT2D eigenvalue weighted by atomic mass is 10.1. The van der Waals surface area contributed by atoms with Crippen LogP contribution in [0.4, 0.5) is 13.2 Å². The number of benzene rings is 4. The average molecular weight is 801 g/mol. The lowest BCUT2D eigenvalue weighted by Crippen LogP contribution is -2.20. The number of aromatic nitrogens is 2. The molecule has 1 heterocycles. The molecule has 0 N–H and O–H groups in total. The molecule has 43 heavy (non-hydrogen) atoms. The molecule has 0 bridgehead atoms. The molecule has 0 saturated heterocycles. The number of halogens is 7. The molecule has 0 atom stereocenters. The number of methoxy groups -OCH3 is 1. The van der Waals surface area contributed by atoms with Gasteiger partial charge in [0.05, 0.1) is 29.8 Å². The van der Waals surface area contributed by atoms with Crippen LogP contribution in [0.15, 0.2) is 96.1 Å². The smallest absolute Gasteiger partial charge is 0.416 e. The number of hydrogen-bond acceptors (Lipinski definition) is 5. The Bertz CT molecular complexity index is 1950. The fraction of sp³-hybridized carbons (Fsp3) is 0.100. The summed E-state index contributed by atoms with van der Waals surface area (Å²) in [6, 6.07) is 18.3. The van der Waals surface area contributed by atoms with Gasteiger partial charge in [0.25, 0.3) is 5.56 Å². The number of rotatable bonds is 7. The molecule has 4 aromatic carbocycles. The Morgan fingerprint density at radius 3 is 2.51 bits per heavy atom. The standard InChI is InChI=1S/C30H18Br3ClF3N3O3/c1-42-24-12-18(25(33)26(34)27(24)43-15-17-9-10-20(31)13-22(17)32)14-38-40-28(16-5-4-6-19(11-16)30(35,36)37)39-23-8-3-2-7-21(23)29(40)41/h2-14H,15H2,1H3. The number of alkyl halides is 3. The maximum absolute atomic E-state index is 13.5. The topological polar surface area (TPSA) is 65.7 Å². The van der Waals surface area contributed by atoms with Gasteiger partial charge in [-0.15, -0.1) is 0 Å². The minimum absolute atomic E-state index is 0.0624. The highest BCUT2D eigenvalue weighted by Crippen LogP contribution is 2.43. The molecule has 0 aliphatic heterocycles. The van der Waals surface area contributed by atoms with Crippen LogP contribution in [0, 0.1) is 0 Å². The van der Waals surface area contributed by atoms with Crippen molar-refractivity contribution in [2.24, 2.45) is 5.10 Å². The van der Waals surface area contributed by atoms with Crippen molar-refractivity contribution in [3.63, 3.8) is 0 Å². The van der Waals surface area contributed by atoms with E-state index < -0.39 is 17.3 Å². The summed E-state index contributed by atoms with van der Waals surface area (Å²) in [6.45, 7) is 0.183. The van der Waals surface area contributed by atoms with Crippen LogP contribution in [-0.2, 0) is 12.8 Å². The lowest BCUT2D eigenvalue weighted by Gasteiger charge is -2.16. The first kappa shape index (κ1) is 31.2. The predicted molar refractivity (Wildman–Crippen MR) is 171 cm³/mol. The van der Waals surface area contributed by atoms with Crippen molar-refractivity contribution in [2.45, 2.75) is 12.8 Å². The van der Waals surface area contributed by atoms with Crippen LogP contribution in [0.5, 0.6) is 11.5 Å². The maximum atomic E-state index is 13.5. The van der Waals surface area contributed by atoms with Crippen molar-refractivity contribution >= 4 is 76.5 Å². The maximum Gasteiger partial charge on any atom is 0.416 e. The van der Waals surface area contributed by atoms with E-state index in [1.807, 2.05) is 18.2 Å². The van der Waals surface area contributed by atoms with Gasteiger partial charge in [0.2, 0.25) is 0 Å². The molecule has 0 aliphatic rings. The molecule has 0 saturated carbocycles. The predicted octanol–water partition coefficient (Wildman–Crippen LogP) is 9.49. The van der Waals surface area contributed by atoms with Crippen LogP contribution < -0.4 is 15.0 Å². The quantitative estimate of drug-likeness (QED) is 0.154. The van der Waals surface area contributed by atoms with E-state index in [0.29, 0.717) is 21.3 Å². The van der Waals surface area contributed by atoms with Gasteiger partial charge < -0.3 is 9.47 Å². The monoisotopic (exact) mass is 797 g/mol. The van der Waals surface area contributed by atoms with E-state index in [9.17, 15) is 18.0 Å². The fourth-order valence-corrected chi connectivity index (χ4v) is 5.96. The molecule has 0 aliphatic carbocycles. The number of hydrogen-bond donors (Lipinski definition) is 0. The van der Waals surface area contributed by atoms with E-state index in [1.54, 1.807) is 30.3 Å². The summed E-state index contributed by atoms with van der Waals surface area (Å²) in [5, 5.41) is 4.79. The first-order chi connectivity index (χ1) is 20.5. The zero-order chi connectivity index (χ0) is 30.9. The van der Waals surface area contributed by atoms with E-state index in [4.69, 9.17) is 21.1 Å². The molecule has 0 amide bonds. The van der Waals surface area contributed by atoms with Crippen LogP contribution in [0.2, 0.25) is 5.02 Å².